The van der Waals surface area contributed by atoms with Gasteiger partial charge in [-0.25, -0.2) is 0 Å². The molecule has 0 aromatic heterocycles. The number of fused-ring (bicyclic) bond motifs is 1. The number of hydrogen-bond acceptors (Lipinski definition) is 4. The second-order valence-corrected chi connectivity index (χ2v) is 6.05. The normalized spacial score (nSPS) is 17.8. The van der Waals surface area contributed by atoms with Gasteiger partial charge in [0.25, 0.3) is 0 Å². The topological polar surface area (TPSA) is 50.7 Å². The first kappa shape index (κ1) is 15.1. The summed E-state index contributed by atoms with van der Waals surface area (Å²) < 4.78 is 11.5. The van der Waals surface area contributed by atoms with E-state index in [-0.39, 0.29) is 6.10 Å². The van der Waals surface area contributed by atoms with E-state index in [0.717, 1.165) is 23.5 Å². The molecule has 20 heavy (non-hydrogen) atoms. The SMILES string of the molecule is CCOc1cc2c(cc1CNCC(C)(C)O)OC(C)C2. The predicted molar refractivity (Wildman–Crippen MR) is 79.4 cm³/mol. The van der Waals surface area contributed by atoms with Crippen LogP contribution in [-0.2, 0) is 13.0 Å². The molecule has 1 unspecified atom stereocenters. The van der Waals surface area contributed by atoms with Crippen LogP contribution in [-0.4, -0.2) is 30.0 Å². The van der Waals surface area contributed by atoms with E-state index < -0.39 is 5.60 Å². The first-order valence-corrected chi connectivity index (χ1v) is 7.27. The Bertz CT molecular complexity index is 466. The quantitative estimate of drug-likeness (QED) is 0.839. The van der Waals surface area contributed by atoms with Crippen LogP contribution >= 0.6 is 0 Å². The van der Waals surface area contributed by atoms with E-state index in [0.29, 0.717) is 19.7 Å². The van der Waals surface area contributed by atoms with E-state index in [4.69, 9.17) is 9.47 Å². The van der Waals surface area contributed by atoms with Crippen LogP contribution in [0.1, 0.15) is 38.8 Å². The largest absolute Gasteiger partial charge is 0.494 e. The van der Waals surface area contributed by atoms with Gasteiger partial charge in [0.2, 0.25) is 0 Å². The van der Waals surface area contributed by atoms with Gasteiger partial charge in [-0.3, -0.25) is 0 Å². The molecule has 1 aliphatic rings. The maximum absolute atomic E-state index is 9.74. The smallest absolute Gasteiger partial charge is 0.124 e. The van der Waals surface area contributed by atoms with Crippen molar-refractivity contribution in [3.8, 4) is 11.5 Å². The number of rotatable bonds is 6. The van der Waals surface area contributed by atoms with Gasteiger partial charge in [-0.05, 0) is 39.8 Å². The number of nitrogens with one attached hydrogen (secondary N) is 1. The maximum Gasteiger partial charge on any atom is 0.124 e. The zero-order valence-corrected chi connectivity index (χ0v) is 12.8. The Balaban J connectivity index is 2.12. The van der Waals surface area contributed by atoms with E-state index in [1.807, 2.05) is 6.92 Å². The zero-order valence-electron chi connectivity index (χ0n) is 12.8. The third-order valence-electron chi connectivity index (χ3n) is 3.25. The summed E-state index contributed by atoms with van der Waals surface area (Å²) in [5.74, 6) is 1.87. The van der Waals surface area contributed by atoms with Gasteiger partial charge in [0.1, 0.15) is 17.6 Å². The molecule has 4 heteroatoms. The summed E-state index contributed by atoms with van der Waals surface area (Å²) >= 11 is 0. The maximum atomic E-state index is 9.74. The third-order valence-corrected chi connectivity index (χ3v) is 3.25. The molecule has 0 spiro atoms. The van der Waals surface area contributed by atoms with Gasteiger partial charge < -0.3 is 19.9 Å². The van der Waals surface area contributed by atoms with E-state index in [1.165, 1.54) is 5.56 Å². The van der Waals surface area contributed by atoms with Crippen LogP contribution in [0, 0.1) is 0 Å². The summed E-state index contributed by atoms with van der Waals surface area (Å²) in [5, 5.41) is 13.0. The lowest BCUT2D eigenvalue weighted by Crippen LogP contribution is -2.34. The number of hydrogen-bond donors (Lipinski definition) is 2. The van der Waals surface area contributed by atoms with Crippen molar-refractivity contribution in [2.45, 2.75) is 52.4 Å². The number of aliphatic hydroxyl groups is 1. The summed E-state index contributed by atoms with van der Waals surface area (Å²) in [5.41, 5.74) is 1.57. The molecular formula is C16H25NO3. The molecule has 0 aliphatic carbocycles. The van der Waals surface area contributed by atoms with Gasteiger partial charge in [-0.15, -0.1) is 0 Å². The highest BCUT2D eigenvalue weighted by molar-refractivity contribution is 5.48. The average Bonchev–Trinajstić information content (AvgIpc) is 2.67. The van der Waals surface area contributed by atoms with Crippen LogP contribution in [0.4, 0.5) is 0 Å². The highest BCUT2D eigenvalue weighted by Crippen LogP contribution is 2.35. The van der Waals surface area contributed by atoms with Crippen LogP contribution in [0.5, 0.6) is 11.5 Å². The highest BCUT2D eigenvalue weighted by Gasteiger charge is 2.22. The molecule has 1 aliphatic heterocycles. The molecule has 0 saturated carbocycles. The van der Waals surface area contributed by atoms with Gasteiger partial charge in [-0.2, -0.15) is 0 Å². The minimum Gasteiger partial charge on any atom is -0.494 e. The molecule has 0 saturated heterocycles. The number of ether oxygens (including phenoxy) is 2. The third kappa shape index (κ3) is 3.87. The van der Waals surface area contributed by atoms with Crippen molar-refractivity contribution in [3.63, 3.8) is 0 Å². The standard InChI is InChI=1S/C16H25NO3/c1-5-19-14-7-12-6-11(2)20-15(12)8-13(14)9-17-10-16(3,4)18/h7-8,11,17-18H,5-6,9-10H2,1-4H3. The van der Waals surface area contributed by atoms with Gasteiger partial charge in [0, 0.05) is 30.6 Å². The molecule has 1 aromatic carbocycles. The molecule has 0 amide bonds. The lowest BCUT2D eigenvalue weighted by atomic mass is 10.1. The van der Waals surface area contributed by atoms with Crippen molar-refractivity contribution in [2.75, 3.05) is 13.2 Å². The molecule has 2 N–H and O–H groups in total. The predicted octanol–water partition coefficient (Wildman–Crippen LogP) is 2.27. The molecular weight excluding hydrogens is 254 g/mol. The summed E-state index contributed by atoms with van der Waals surface area (Å²) in [6.07, 6.45) is 1.17. The summed E-state index contributed by atoms with van der Waals surface area (Å²) in [7, 11) is 0. The molecule has 0 radical (unpaired) electrons. The second-order valence-electron chi connectivity index (χ2n) is 6.05. The van der Waals surface area contributed by atoms with Crippen molar-refractivity contribution in [1.82, 2.24) is 5.32 Å². The number of benzene rings is 1. The molecule has 0 bridgehead atoms. The van der Waals surface area contributed by atoms with E-state index in [1.54, 1.807) is 13.8 Å². The van der Waals surface area contributed by atoms with Gasteiger partial charge >= 0.3 is 0 Å². The first-order chi connectivity index (χ1) is 9.39. The summed E-state index contributed by atoms with van der Waals surface area (Å²) in [6, 6.07) is 4.14. The average molecular weight is 279 g/mol. The van der Waals surface area contributed by atoms with Gasteiger partial charge in [0.05, 0.1) is 12.2 Å². The monoisotopic (exact) mass is 279 g/mol. The van der Waals surface area contributed by atoms with Crippen molar-refractivity contribution < 1.29 is 14.6 Å². The molecule has 1 aromatic rings. The Hall–Kier alpha value is -1.26. The molecule has 0 fully saturated rings. The fraction of sp³-hybridized carbons (Fsp3) is 0.625. The Labute approximate surface area is 121 Å². The highest BCUT2D eigenvalue weighted by atomic mass is 16.5. The van der Waals surface area contributed by atoms with Crippen molar-refractivity contribution in [2.24, 2.45) is 0 Å². The zero-order chi connectivity index (χ0) is 14.8. The van der Waals surface area contributed by atoms with Crippen LogP contribution in [0.2, 0.25) is 0 Å². The lowest BCUT2D eigenvalue weighted by Gasteiger charge is -2.19. The molecule has 112 valence electrons. The summed E-state index contributed by atoms with van der Waals surface area (Å²) in [4.78, 5) is 0. The first-order valence-electron chi connectivity index (χ1n) is 7.27. The van der Waals surface area contributed by atoms with Gasteiger partial charge in [0.15, 0.2) is 0 Å². The Morgan fingerprint density at radius 1 is 1.45 bits per heavy atom. The Morgan fingerprint density at radius 3 is 2.85 bits per heavy atom. The molecule has 2 rings (SSSR count). The van der Waals surface area contributed by atoms with E-state index in [2.05, 4.69) is 24.4 Å². The molecule has 1 heterocycles. The van der Waals surface area contributed by atoms with E-state index >= 15 is 0 Å². The fourth-order valence-electron chi connectivity index (χ4n) is 2.41. The fourth-order valence-corrected chi connectivity index (χ4v) is 2.41. The van der Waals surface area contributed by atoms with Crippen LogP contribution in [0.15, 0.2) is 12.1 Å². The van der Waals surface area contributed by atoms with Gasteiger partial charge in [-0.1, -0.05) is 0 Å². The summed E-state index contributed by atoms with van der Waals surface area (Å²) in [6.45, 7) is 9.48. The molecule has 1 atom stereocenters. The lowest BCUT2D eigenvalue weighted by molar-refractivity contribution is 0.0794. The Kier molecular flexibility index (Phi) is 4.55. The second kappa shape index (κ2) is 6.02. The minimum atomic E-state index is -0.715. The minimum absolute atomic E-state index is 0.235. The van der Waals surface area contributed by atoms with Crippen molar-refractivity contribution in [3.05, 3.63) is 23.3 Å². The Morgan fingerprint density at radius 2 is 2.20 bits per heavy atom. The van der Waals surface area contributed by atoms with E-state index in [9.17, 15) is 5.11 Å². The molecule has 4 nitrogen and oxygen atoms in total. The van der Waals surface area contributed by atoms with Crippen LogP contribution in [0.25, 0.3) is 0 Å². The van der Waals surface area contributed by atoms with Crippen LogP contribution < -0.4 is 14.8 Å². The van der Waals surface area contributed by atoms with Crippen LogP contribution in [0.3, 0.4) is 0 Å². The van der Waals surface area contributed by atoms with Crippen molar-refractivity contribution in [1.29, 1.82) is 0 Å². The van der Waals surface area contributed by atoms with Crippen molar-refractivity contribution >= 4 is 0 Å².